The van der Waals surface area contributed by atoms with Crippen molar-refractivity contribution in [3.63, 3.8) is 0 Å². The van der Waals surface area contributed by atoms with E-state index in [-0.39, 0.29) is 17.9 Å². The molecule has 118 valence electrons. The molecule has 0 saturated heterocycles. The van der Waals surface area contributed by atoms with Crippen LogP contribution in [0.25, 0.3) is 16.7 Å². The predicted octanol–water partition coefficient (Wildman–Crippen LogP) is 2.53. The fraction of sp³-hybridized carbons (Fsp3) is 0.0588. The van der Waals surface area contributed by atoms with Crippen molar-refractivity contribution in [3.05, 3.63) is 75.6 Å². The van der Waals surface area contributed by atoms with Gasteiger partial charge in [-0.25, -0.2) is 9.67 Å². The van der Waals surface area contributed by atoms with E-state index in [1.54, 1.807) is 10.7 Å². The second kappa shape index (κ2) is 5.86. The third-order valence-corrected chi connectivity index (χ3v) is 4.58. The Labute approximate surface area is 140 Å². The van der Waals surface area contributed by atoms with E-state index in [2.05, 4.69) is 10.1 Å². The van der Waals surface area contributed by atoms with Crippen LogP contribution in [-0.4, -0.2) is 25.1 Å². The highest BCUT2D eigenvalue weighted by atomic mass is 32.1. The summed E-state index contributed by atoms with van der Waals surface area (Å²) in [4.78, 5) is 29.7. The van der Waals surface area contributed by atoms with E-state index >= 15 is 0 Å². The van der Waals surface area contributed by atoms with Gasteiger partial charge in [-0.2, -0.15) is 5.10 Å². The molecule has 0 amide bonds. The number of ketones is 1. The summed E-state index contributed by atoms with van der Waals surface area (Å²) in [5, 5.41) is 6.48. The zero-order valence-corrected chi connectivity index (χ0v) is 13.3. The summed E-state index contributed by atoms with van der Waals surface area (Å²) in [5.41, 5.74) is 1.03. The van der Waals surface area contributed by atoms with E-state index in [0.717, 1.165) is 5.69 Å². The molecule has 0 radical (unpaired) electrons. The first-order chi connectivity index (χ1) is 11.7. The van der Waals surface area contributed by atoms with Crippen LogP contribution in [0.5, 0.6) is 0 Å². The molecule has 24 heavy (non-hydrogen) atoms. The number of para-hydroxylation sites is 1. The van der Waals surface area contributed by atoms with Crippen molar-refractivity contribution < 1.29 is 4.79 Å². The monoisotopic (exact) mass is 336 g/mol. The van der Waals surface area contributed by atoms with Crippen LogP contribution in [0.3, 0.4) is 0 Å². The zero-order valence-electron chi connectivity index (χ0n) is 12.5. The summed E-state index contributed by atoms with van der Waals surface area (Å²) in [6.07, 6.45) is 2.89. The van der Waals surface area contributed by atoms with Crippen molar-refractivity contribution in [1.29, 1.82) is 0 Å². The molecule has 0 fully saturated rings. The number of benzene rings is 1. The van der Waals surface area contributed by atoms with Gasteiger partial charge >= 0.3 is 0 Å². The SMILES string of the molecule is O=C(Cn1cnc2c(cnn2-c2ccccc2)c1=O)c1cccs1. The molecule has 0 aliphatic rings. The van der Waals surface area contributed by atoms with Crippen LogP contribution < -0.4 is 5.56 Å². The fourth-order valence-electron chi connectivity index (χ4n) is 2.49. The number of hydrogen-bond donors (Lipinski definition) is 0. The van der Waals surface area contributed by atoms with Gasteiger partial charge in [0.2, 0.25) is 0 Å². The lowest BCUT2D eigenvalue weighted by Gasteiger charge is -2.05. The van der Waals surface area contributed by atoms with E-state index in [0.29, 0.717) is 15.9 Å². The third-order valence-electron chi connectivity index (χ3n) is 3.67. The predicted molar refractivity (Wildman–Crippen MR) is 91.8 cm³/mol. The normalized spacial score (nSPS) is 11.0. The molecule has 3 heterocycles. The van der Waals surface area contributed by atoms with E-state index < -0.39 is 0 Å². The lowest BCUT2D eigenvalue weighted by atomic mass is 10.3. The van der Waals surface area contributed by atoms with Gasteiger partial charge in [0.25, 0.3) is 5.56 Å². The van der Waals surface area contributed by atoms with Crippen LogP contribution in [0.2, 0.25) is 0 Å². The maximum atomic E-state index is 12.6. The van der Waals surface area contributed by atoms with Crippen LogP contribution in [0.15, 0.2) is 65.2 Å². The molecule has 7 heteroatoms. The number of carbonyl (C=O) groups is 1. The molecule has 0 atom stereocenters. The molecular weight excluding hydrogens is 324 g/mol. The molecule has 0 aliphatic carbocycles. The second-order valence-electron chi connectivity index (χ2n) is 5.21. The van der Waals surface area contributed by atoms with E-state index in [1.807, 2.05) is 41.8 Å². The van der Waals surface area contributed by atoms with E-state index in [4.69, 9.17) is 0 Å². The molecule has 4 rings (SSSR count). The zero-order chi connectivity index (χ0) is 16.5. The number of carbonyl (C=O) groups excluding carboxylic acids is 1. The van der Waals surface area contributed by atoms with Gasteiger partial charge in [0, 0.05) is 0 Å². The van der Waals surface area contributed by atoms with Crippen LogP contribution in [0, 0.1) is 0 Å². The lowest BCUT2D eigenvalue weighted by molar-refractivity contribution is 0.0974. The minimum absolute atomic E-state index is 0.0290. The van der Waals surface area contributed by atoms with Crippen molar-refractivity contribution in [3.8, 4) is 5.69 Å². The maximum absolute atomic E-state index is 12.6. The Morgan fingerprint density at radius 3 is 2.71 bits per heavy atom. The quantitative estimate of drug-likeness (QED) is 0.537. The lowest BCUT2D eigenvalue weighted by Crippen LogP contribution is -2.24. The van der Waals surface area contributed by atoms with Gasteiger partial charge in [-0.1, -0.05) is 24.3 Å². The molecule has 4 aromatic rings. The number of nitrogens with zero attached hydrogens (tertiary/aromatic N) is 4. The fourth-order valence-corrected chi connectivity index (χ4v) is 3.15. The topological polar surface area (TPSA) is 69.8 Å². The van der Waals surface area contributed by atoms with Gasteiger partial charge in [-0.05, 0) is 23.6 Å². The Balaban J connectivity index is 1.74. The van der Waals surface area contributed by atoms with E-state index in [9.17, 15) is 9.59 Å². The number of hydrogen-bond acceptors (Lipinski definition) is 5. The Kier molecular flexibility index (Phi) is 3.55. The van der Waals surface area contributed by atoms with Crippen LogP contribution in [-0.2, 0) is 6.54 Å². The van der Waals surface area contributed by atoms with Crippen LogP contribution in [0.4, 0.5) is 0 Å². The number of Topliss-reactive ketones (excluding diaryl/α,β-unsaturated/α-hetero) is 1. The third kappa shape index (κ3) is 2.44. The van der Waals surface area contributed by atoms with Crippen molar-refractivity contribution in [2.75, 3.05) is 0 Å². The number of aromatic nitrogens is 4. The van der Waals surface area contributed by atoms with Crippen molar-refractivity contribution in [2.45, 2.75) is 6.54 Å². The highest BCUT2D eigenvalue weighted by Gasteiger charge is 2.14. The average Bonchev–Trinajstić information content (AvgIpc) is 3.28. The molecule has 3 aromatic heterocycles. The van der Waals surface area contributed by atoms with Gasteiger partial charge in [0.1, 0.15) is 11.7 Å². The Bertz CT molecular complexity index is 1070. The maximum Gasteiger partial charge on any atom is 0.264 e. The Morgan fingerprint density at radius 2 is 1.96 bits per heavy atom. The first-order valence-corrected chi connectivity index (χ1v) is 8.17. The molecule has 0 N–H and O–H groups in total. The first-order valence-electron chi connectivity index (χ1n) is 7.29. The summed E-state index contributed by atoms with van der Waals surface area (Å²) in [7, 11) is 0. The van der Waals surface area contributed by atoms with Crippen molar-refractivity contribution >= 4 is 28.2 Å². The molecule has 0 unspecified atom stereocenters. The minimum Gasteiger partial charge on any atom is -0.291 e. The molecule has 6 nitrogen and oxygen atoms in total. The first kappa shape index (κ1) is 14.5. The molecular formula is C17H12N4O2S. The summed E-state index contributed by atoms with van der Waals surface area (Å²) in [6.45, 7) is -0.0290. The summed E-state index contributed by atoms with van der Waals surface area (Å²) >= 11 is 1.36. The Morgan fingerprint density at radius 1 is 1.12 bits per heavy atom. The van der Waals surface area contributed by atoms with Crippen LogP contribution in [0.1, 0.15) is 9.67 Å². The van der Waals surface area contributed by atoms with E-state index in [1.165, 1.54) is 28.4 Å². The standard InChI is InChI=1S/C17H12N4O2S/c22-14(15-7-4-8-24-15)10-20-11-18-16-13(17(20)23)9-19-21(16)12-5-2-1-3-6-12/h1-9,11H,10H2. The molecule has 1 aromatic carbocycles. The highest BCUT2D eigenvalue weighted by molar-refractivity contribution is 7.12. The van der Waals surface area contributed by atoms with Gasteiger partial charge < -0.3 is 0 Å². The molecule has 0 bridgehead atoms. The summed E-state index contributed by atoms with van der Waals surface area (Å²) < 4.78 is 2.93. The van der Waals surface area contributed by atoms with Gasteiger partial charge in [0.05, 0.1) is 23.3 Å². The smallest absolute Gasteiger partial charge is 0.264 e. The largest absolute Gasteiger partial charge is 0.291 e. The Hall–Kier alpha value is -3.06. The highest BCUT2D eigenvalue weighted by Crippen LogP contribution is 2.14. The number of rotatable bonds is 4. The number of fused-ring (bicyclic) bond motifs is 1. The average molecular weight is 336 g/mol. The van der Waals surface area contributed by atoms with Crippen LogP contribution >= 0.6 is 11.3 Å². The van der Waals surface area contributed by atoms with Gasteiger partial charge in [0.15, 0.2) is 11.4 Å². The van der Waals surface area contributed by atoms with Crippen molar-refractivity contribution in [2.24, 2.45) is 0 Å². The molecule has 0 saturated carbocycles. The summed E-state index contributed by atoms with van der Waals surface area (Å²) in [6, 6.07) is 13.0. The van der Waals surface area contributed by atoms with Gasteiger partial charge in [-0.3, -0.25) is 14.2 Å². The van der Waals surface area contributed by atoms with Crippen molar-refractivity contribution in [1.82, 2.24) is 19.3 Å². The minimum atomic E-state index is -0.271. The van der Waals surface area contributed by atoms with Gasteiger partial charge in [-0.15, -0.1) is 11.3 Å². The second-order valence-corrected chi connectivity index (χ2v) is 6.15. The number of thiophene rings is 1. The molecule has 0 aliphatic heterocycles. The summed E-state index contributed by atoms with van der Waals surface area (Å²) in [5.74, 6) is -0.108. The molecule has 0 spiro atoms.